The third-order valence-electron chi connectivity index (χ3n) is 2.92. The minimum atomic E-state index is -0.392. The molecule has 24 heavy (non-hydrogen) atoms. The molecule has 0 radical (unpaired) electrons. The summed E-state index contributed by atoms with van der Waals surface area (Å²) in [5.74, 6) is 0.366. The van der Waals surface area contributed by atoms with Crippen molar-refractivity contribution in [3.05, 3.63) is 24.3 Å². The van der Waals surface area contributed by atoms with Gasteiger partial charge in [0.25, 0.3) is 0 Å². The lowest BCUT2D eigenvalue weighted by atomic mass is 10.2. The van der Waals surface area contributed by atoms with Crippen molar-refractivity contribution in [3.63, 3.8) is 0 Å². The van der Waals surface area contributed by atoms with Crippen LogP contribution in [-0.4, -0.2) is 81.5 Å². The summed E-state index contributed by atoms with van der Waals surface area (Å²) in [6.45, 7) is 6.07. The maximum atomic E-state index is 12.6. The molecular formula is C17H32N2O5. The van der Waals surface area contributed by atoms with Crippen molar-refractivity contribution >= 4 is 6.03 Å². The number of aliphatic hydroxyl groups is 1. The summed E-state index contributed by atoms with van der Waals surface area (Å²) in [6.07, 6.45) is 7.40. The van der Waals surface area contributed by atoms with Gasteiger partial charge in [-0.1, -0.05) is 38.2 Å². The van der Waals surface area contributed by atoms with E-state index in [4.69, 9.17) is 14.2 Å². The summed E-state index contributed by atoms with van der Waals surface area (Å²) in [5, 5.41) is 9.45. The summed E-state index contributed by atoms with van der Waals surface area (Å²) in [7, 11) is 3.22. The Morgan fingerprint density at radius 1 is 1.00 bits per heavy atom. The van der Waals surface area contributed by atoms with Gasteiger partial charge >= 0.3 is 6.03 Å². The number of urea groups is 1. The van der Waals surface area contributed by atoms with Crippen molar-refractivity contribution < 1.29 is 24.1 Å². The van der Waals surface area contributed by atoms with E-state index in [1.165, 1.54) is 4.90 Å². The first-order valence-electron chi connectivity index (χ1n) is 8.07. The summed E-state index contributed by atoms with van der Waals surface area (Å²) in [5.41, 5.74) is 0. The van der Waals surface area contributed by atoms with E-state index in [1.54, 1.807) is 19.1 Å². The molecule has 0 heterocycles. The van der Waals surface area contributed by atoms with Crippen LogP contribution in [0.2, 0.25) is 0 Å². The quantitative estimate of drug-likeness (QED) is 0.407. The van der Waals surface area contributed by atoms with Gasteiger partial charge in [0.1, 0.15) is 13.5 Å². The minimum Gasteiger partial charge on any atom is -0.381 e. The van der Waals surface area contributed by atoms with Gasteiger partial charge in [-0.15, -0.1) is 0 Å². The Kier molecular flexibility index (Phi) is 14.2. The molecule has 0 bridgehead atoms. The molecule has 0 rings (SSSR count). The van der Waals surface area contributed by atoms with Crippen LogP contribution in [0.25, 0.3) is 0 Å². The maximum absolute atomic E-state index is 12.6. The second kappa shape index (κ2) is 15.1. The number of ether oxygens (including phenoxy) is 3. The van der Waals surface area contributed by atoms with E-state index in [0.29, 0.717) is 38.8 Å². The van der Waals surface area contributed by atoms with Crippen LogP contribution in [0.15, 0.2) is 24.3 Å². The number of carbonyl (C=O) groups is 1. The Hall–Kier alpha value is -1.41. The van der Waals surface area contributed by atoms with E-state index in [0.717, 1.165) is 0 Å². The van der Waals surface area contributed by atoms with Gasteiger partial charge in [-0.2, -0.15) is 0 Å². The molecule has 0 aromatic carbocycles. The molecule has 0 aliphatic rings. The van der Waals surface area contributed by atoms with Crippen molar-refractivity contribution in [1.29, 1.82) is 0 Å². The van der Waals surface area contributed by atoms with Gasteiger partial charge in [0.15, 0.2) is 0 Å². The average molecular weight is 344 g/mol. The predicted octanol–water partition coefficient (Wildman–Crippen LogP) is 1.70. The van der Waals surface area contributed by atoms with Crippen LogP contribution in [0.5, 0.6) is 0 Å². The highest BCUT2D eigenvalue weighted by Crippen LogP contribution is 2.02. The first-order chi connectivity index (χ1) is 11.6. The molecule has 140 valence electrons. The summed E-state index contributed by atoms with van der Waals surface area (Å²) in [6, 6.07) is -0.287. The molecule has 0 aromatic heterocycles. The first kappa shape index (κ1) is 22.6. The van der Waals surface area contributed by atoms with Crippen LogP contribution in [0, 0.1) is 5.92 Å². The van der Waals surface area contributed by atoms with Crippen LogP contribution < -0.4 is 0 Å². The number of nitrogens with zero attached hydrogens (tertiary/aromatic N) is 2. The first-order valence-corrected chi connectivity index (χ1v) is 8.07. The third kappa shape index (κ3) is 11.2. The van der Waals surface area contributed by atoms with Gasteiger partial charge in [0, 0.05) is 27.3 Å². The largest absolute Gasteiger partial charge is 0.381 e. The van der Waals surface area contributed by atoms with Gasteiger partial charge in [-0.3, -0.25) is 4.90 Å². The van der Waals surface area contributed by atoms with Crippen LogP contribution in [0.1, 0.15) is 13.8 Å². The maximum Gasteiger partial charge on any atom is 0.324 e. The highest BCUT2D eigenvalue weighted by Gasteiger charge is 2.18. The van der Waals surface area contributed by atoms with E-state index >= 15 is 0 Å². The molecule has 0 fully saturated rings. The zero-order valence-corrected chi connectivity index (χ0v) is 15.3. The van der Waals surface area contributed by atoms with E-state index in [1.807, 2.05) is 38.2 Å². The minimum absolute atomic E-state index is 0.0631. The number of methoxy groups -OCH3 is 2. The fourth-order valence-corrected chi connectivity index (χ4v) is 1.72. The fourth-order valence-electron chi connectivity index (χ4n) is 1.72. The molecule has 0 aromatic rings. The molecule has 0 aliphatic heterocycles. The Morgan fingerprint density at radius 2 is 1.54 bits per heavy atom. The van der Waals surface area contributed by atoms with Crippen molar-refractivity contribution in [3.8, 4) is 0 Å². The molecule has 0 aliphatic carbocycles. The van der Waals surface area contributed by atoms with Crippen molar-refractivity contribution in [2.45, 2.75) is 13.8 Å². The Balaban J connectivity index is 4.69. The van der Waals surface area contributed by atoms with E-state index in [2.05, 4.69) is 0 Å². The van der Waals surface area contributed by atoms with Crippen molar-refractivity contribution in [2.24, 2.45) is 5.92 Å². The smallest absolute Gasteiger partial charge is 0.324 e. The zero-order valence-electron chi connectivity index (χ0n) is 15.3. The number of carbonyl (C=O) groups excluding carboxylic acids is 1. The lowest BCUT2D eigenvalue weighted by Crippen LogP contribution is -2.45. The fraction of sp³-hybridized carbons (Fsp3) is 0.706. The molecule has 0 saturated carbocycles. The third-order valence-corrected chi connectivity index (χ3v) is 2.92. The average Bonchev–Trinajstić information content (AvgIpc) is 2.56. The molecule has 2 amide bonds. The highest BCUT2D eigenvalue weighted by atomic mass is 16.5. The Morgan fingerprint density at radius 3 is 1.96 bits per heavy atom. The van der Waals surface area contributed by atoms with Gasteiger partial charge < -0.3 is 24.2 Å². The van der Waals surface area contributed by atoms with Gasteiger partial charge in [-0.25, -0.2) is 4.79 Å². The molecular weight excluding hydrogens is 312 g/mol. The molecule has 0 spiro atoms. The van der Waals surface area contributed by atoms with Crippen LogP contribution in [-0.2, 0) is 14.2 Å². The summed E-state index contributed by atoms with van der Waals surface area (Å²) < 4.78 is 15.3. The van der Waals surface area contributed by atoms with E-state index in [9.17, 15) is 9.90 Å². The number of amides is 2. The lowest BCUT2D eigenvalue weighted by Gasteiger charge is -2.28. The second-order valence-electron chi connectivity index (χ2n) is 5.62. The van der Waals surface area contributed by atoms with Gasteiger partial charge in [-0.05, 0) is 5.92 Å². The SMILES string of the molecule is COC/C=C/CN(C/C=C/COC)C(=O)N(CO)COCC(C)C. The number of rotatable bonds is 13. The van der Waals surface area contributed by atoms with E-state index in [-0.39, 0.29) is 12.8 Å². The van der Waals surface area contributed by atoms with Crippen molar-refractivity contribution in [1.82, 2.24) is 9.80 Å². The standard InChI is InChI=1S/C17H32N2O5/c1-16(2)13-24-15-19(14-20)17(21)18(9-5-7-11-22-3)10-6-8-12-23-4/h5-8,16,20H,9-15H2,1-4H3/b7-5+,8-6+. The molecule has 7 heteroatoms. The Bertz CT molecular complexity index is 354. The summed E-state index contributed by atoms with van der Waals surface area (Å²) in [4.78, 5) is 15.4. The second-order valence-corrected chi connectivity index (χ2v) is 5.62. The topological polar surface area (TPSA) is 71.5 Å². The molecule has 0 unspecified atom stereocenters. The Labute approximate surface area is 145 Å². The normalized spacial score (nSPS) is 11.8. The van der Waals surface area contributed by atoms with Gasteiger partial charge in [0.2, 0.25) is 0 Å². The van der Waals surface area contributed by atoms with Crippen LogP contribution >= 0.6 is 0 Å². The predicted molar refractivity (Wildman–Crippen MR) is 93.6 cm³/mol. The molecule has 0 atom stereocenters. The molecule has 0 saturated heterocycles. The number of hydrogen-bond acceptors (Lipinski definition) is 5. The highest BCUT2D eigenvalue weighted by molar-refractivity contribution is 5.74. The summed E-state index contributed by atoms with van der Waals surface area (Å²) >= 11 is 0. The number of aliphatic hydroxyl groups excluding tert-OH is 1. The van der Waals surface area contributed by atoms with Crippen molar-refractivity contribution in [2.75, 3.05) is 60.6 Å². The monoisotopic (exact) mass is 344 g/mol. The zero-order chi connectivity index (χ0) is 18.2. The lowest BCUT2D eigenvalue weighted by molar-refractivity contribution is -0.00819. The molecule has 7 nitrogen and oxygen atoms in total. The van der Waals surface area contributed by atoms with Crippen LogP contribution in [0.4, 0.5) is 4.79 Å². The van der Waals surface area contributed by atoms with Crippen LogP contribution in [0.3, 0.4) is 0 Å². The van der Waals surface area contributed by atoms with Gasteiger partial charge in [0.05, 0.1) is 19.8 Å². The van der Waals surface area contributed by atoms with E-state index < -0.39 is 6.73 Å². The molecule has 1 N–H and O–H groups in total. The number of hydrogen-bond donors (Lipinski definition) is 1.